The highest BCUT2D eigenvalue weighted by molar-refractivity contribution is 4.65. The van der Waals surface area contributed by atoms with Crippen molar-refractivity contribution in [1.29, 1.82) is 0 Å². The Labute approximate surface area is 78.5 Å². The standard InChI is InChI=1S/C10H19F3/c1-3-5-6-7-8-9(4-2)10(11,12)13/h9H,3-8H2,1-2H3. The van der Waals surface area contributed by atoms with Gasteiger partial charge < -0.3 is 0 Å². The van der Waals surface area contributed by atoms with E-state index in [-0.39, 0.29) is 6.42 Å². The van der Waals surface area contributed by atoms with Gasteiger partial charge in [-0.05, 0) is 12.8 Å². The second kappa shape index (κ2) is 6.28. The second-order valence-electron chi connectivity index (χ2n) is 3.50. The van der Waals surface area contributed by atoms with E-state index in [0.29, 0.717) is 12.8 Å². The van der Waals surface area contributed by atoms with Crippen LogP contribution in [-0.4, -0.2) is 6.18 Å². The molecule has 0 spiro atoms. The summed E-state index contributed by atoms with van der Waals surface area (Å²) in [5.41, 5.74) is 0. The van der Waals surface area contributed by atoms with Crippen LogP contribution in [0.5, 0.6) is 0 Å². The average molecular weight is 196 g/mol. The van der Waals surface area contributed by atoms with E-state index in [0.717, 1.165) is 19.3 Å². The van der Waals surface area contributed by atoms with E-state index in [1.54, 1.807) is 6.92 Å². The number of halogens is 3. The predicted octanol–water partition coefficient (Wildman–Crippen LogP) is 4.55. The minimum atomic E-state index is -3.99. The summed E-state index contributed by atoms with van der Waals surface area (Å²) in [6.45, 7) is 3.67. The molecule has 1 atom stereocenters. The minimum Gasteiger partial charge on any atom is -0.171 e. The molecule has 0 aromatic heterocycles. The van der Waals surface area contributed by atoms with Gasteiger partial charge in [0.2, 0.25) is 0 Å². The molecule has 0 nitrogen and oxygen atoms in total. The Bertz CT molecular complexity index is 118. The fraction of sp³-hybridized carbons (Fsp3) is 1.00. The van der Waals surface area contributed by atoms with Gasteiger partial charge >= 0.3 is 6.18 Å². The van der Waals surface area contributed by atoms with Crippen molar-refractivity contribution in [1.82, 2.24) is 0 Å². The highest BCUT2D eigenvalue weighted by atomic mass is 19.4. The fourth-order valence-electron chi connectivity index (χ4n) is 1.42. The van der Waals surface area contributed by atoms with Crippen molar-refractivity contribution in [2.75, 3.05) is 0 Å². The highest BCUT2D eigenvalue weighted by Crippen LogP contribution is 2.32. The molecule has 0 fully saturated rings. The summed E-state index contributed by atoms with van der Waals surface area (Å²) in [4.78, 5) is 0. The normalized spacial score (nSPS) is 14.5. The SMILES string of the molecule is CCCCCCC(CC)C(F)(F)F. The maximum absolute atomic E-state index is 12.2. The van der Waals surface area contributed by atoms with E-state index in [9.17, 15) is 13.2 Å². The van der Waals surface area contributed by atoms with Crippen LogP contribution in [0.2, 0.25) is 0 Å². The number of unbranched alkanes of at least 4 members (excludes halogenated alkanes) is 3. The molecular formula is C10H19F3. The quantitative estimate of drug-likeness (QED) is 0.547. The van der Waals surface area contributed by atoms with Crippen LogP contribution >= 0.6 is 0 Å². The van der Waals surface area contributed by atoms with Crippen molar-refractivity contribution in [2.24, 2.45) is 5.92 Å². The van der Waals surface area contributed by atoms with Crippen LogP contribution in [0.3, 0.4) is 0 Å². The van der Waals surface area contributed by atoms with Crippen LogP contribution in [0, 0.1) is 5.92 Å². The molecule has 0 heterocycles. The molecule has 13 heavy (non-hydrogen) atoms. The van der Waals surface area contributed by atoms with E-state index >= 15 is 0 Å². The Kier molecular flexibility index (Phi) is 6.17. The Balaban J connectivity index is 3.61. The molecule has 0 aromatic carbocycles. The maximum atomic E-state index is 12.2. The molecular weight excluding hydrogens is 177 g/mol. The number of hydrogen-bond acceptors (Lipinski definition) is 0. The lowest BCUT2D eigenvalue weighted by Crippen LogP contribution is -2.21. The summed E-state index contributed by atoms with van der Waals surface area (Å²) in [5.74, 6) is -1.08. The molecule has 0 aliphatic carbocycles. The van der Waals surface area contributed by atoms with Gasteiger partial charge in [-0.1, -0.05) is 39.5 Å². The van der Waals surface area contributed by atoms with Crippen LogP contribution < -0.4 is 0 Å². The monoisotopic (exact) mass is 196 g/mol. The van der Waals surface area contributed by atoms with Crippen molar-refractivity contribution in [3.63, 3.8) is 0 Å². The maximum Gasteiger partial charge on any atom is 0.391 e. The molecule has 0 rings (SSSR count). The molecule has 0 aromatic rings. The topological polar surface area (TPSA) is 0 Å². The van der Waals surface area contributed by atoms with E-state index in [1.807, 2.05) is 0 Å². The zero-order valence-corrected chi connectivity index (χ0v) is 8.45. The smallest absolute Gasteiger partial charge is 0.171 e. The third-order valence-electron chi connectivity index (χ3n) is 2.36. The van der Waals surface area contributed by atoms with Crippen LogP contribution in [0.1, 0.15) is 52.4 Å². The van der Waals surface area contributed by atoms with Gasteiger partial charge in [-0.15, -0.1) is 0 Å². The van der Waals surface area contributed by atoms with Gasteiger partial charge in [-0.25, -0.2) is 0 Å². The molecule has 0 aliphatic rings. The summed E-state index contributed by atoms with van der Waals surface area (Å²) >= 11 is 0. The average Bonchev–Trinajstić information content (AvgIpc) is 2.02. The van der Waals surface area contributed by atoms with Crippen LogP contribution in [0.25, 0.3) is 0 Å². The Morgan fingerprint density at radius 1 is 1.00 bits per heavy atom. The van der Waals surface area contributed by atoms with Gasteiger partial charge in [0.05, 0.1) is 5.92 Å². The molecule has 0 saturated carbocycles. The van der Waals surface area contributed by atoms with Crippen LogP contribution in [0.4, 0.5) is 13.2 Å². The minimum absolute atomic E-state index is 0.218. The molecule has 0 bridgehead atoms. The van der Waals surface area contributed by atoms with Crippen LogP contribution in [0.15, 0.2) is 0 Å². The number of hydrogen-bond donors (Lipinski definition) is 0. The van der Waals surface area contributed by atoms with Gasteiger partial charge in [-0.2, -0.15) is 13.2 Å². The van der Waals surface area contributed by atoms with Gasteiger partial charge in [0.1, 0.15) is 0 Å². The highest BCUT2D eigenvalue weighted by Gasteiger charge is 2.37. The zero-order valence-electron chi connectivity index (χ0n) is 8.45. The first kappa shape index (κ1) is 12.8. The summed E-state index contributed by atoms with van der Waals surface area (Å²) in [6.07, 6.45) is 0.308. The molecule has 3 heteroatoms. The van der Waals surface area contributed by atoms with E-state index < -0.39 is 12.1 Å². The van der Waals surface area contributed by atoms with E-state index in [2.05, 4.69) is 6.92 Å². The molecule has 0 N–H and O–H groups in total. The summed E-state index contributed by atoms with van der Waals surface area (Å²) in [5, 5.41) is 0. The molecule has 0 amide bonds. The molecule has 0 aliphatic heterocycles. The van der Waals surface area contributed by atoms with Crippen molar-refractivity contribution >= 4 is 0 Å². The first-order valence-corrected chi connectivity index (χ1v) is 5.09. The van der Waals surface area contributed by atoms with Crippen LogP contribution in [-0.2, 0) is 0 Å². The third kappa shape index (κ3) is 5.94. The van der Waals surface area contributed by atoms with Gasteiger partial charge in [-0.3, -0.25) is 0 Å². The molecule has 0 radical (unpaired) electrons. The summed E-state index contributed by atoms with van der Waals surface area (Å²) in [6, 6.07) is 0. The second-order valence-corrected chi connectivity index (χ2v) is 3.50. The third-order valence-corrected chi connectivity index (χ3v) is 2.36. The first-order valence-electron chi connectivity index (χ1n) is 5.09. The number of rotatable bonds is 6. The van der Waals surface area contributed by atoms with E-state index in [4.69, 9.17) is 0 Å². The Morgan fingerprint density at radius 3 is 2.00 bits per heavy atom. The first-order chi connectivity index (χ1) is 6.02. The molecule has 0 saturated heterocycles. The van der Waals surface area contributed by atoms with Crippen molar-refractivity contribution in [3.8, 4) is 0 Å². The van der Waals surface area contributed by atoms with Crippen molar-refractivity contribution < 1.29 is 13.2 Å². The van der Waals surface area contributed by atoms with Crippen molar-refractivity contribution in [2.45, 2.75) is 58.5 Å². The Morgan fingerprint density at radius 2 is 1.62 bits per heavy atom. The predicted molar refractivity (Wildman–Crippen MR) is 48.6 cm³/mol. The Hall–Kier alpha value is -0.210. The van der Waals surface area contributed by atoms with Gasteiger partial charge in [0.25, 0.3) is 0 Å². The summed E-state index contributed by atoms with van der Waals surface area (Å²) in [7, 11) is 0. The number of alkyl halides is 3. The largest absolute Gasteiger partial charge is 0.391 e. The summed E-state index contributed by atoms with van der Waals surface area (Å²) < 4.78 is 36.7. The van der Waals surface area contributed by atoms with E-state index in [1.165, 1.54) is 0 Å². The molecule has 1 unspecified atom stereocenters. The molecule has 80 valence electrons. The lowest BCUT2D eigenvalue weighted by Gasteiger charge is -2.17. The lowest BCUT2D eigenvalue weighted by molar-refractivity contribution is -0.177. The zero-order chi connectivity index (χ0) is 10.3. The van der Waals surface area contributed by atoms with Gasteiger partial charge in [0, 0.05) is 0 Å². The van der Waals surface area contributed by atoms with Crippen molar-refractivity contribution in [3.05, 3.63) is 0 Å². The van der Waals surface area contributed by atoms with Gasteiger partial charge in [0.15, 0.2) is 0 Å². The fourth-order valence-corrected chi connectivity index (χ4v) is 1.42. The lowest BCUT2D eigenvalue weighted by atomic mass is 9.98.